The maximum absolute atomic E-state index is 13.6. The number of carbonyl (C=O) groups is 3. The Morgan fingerprint density at radius 1 is 1.07 bits per heavy atom. The van der Waals surface area contributed by atoms with Gasteiger partial charge in [-0.3, -0.25) is 9.59 Å². The first-order valence-corrected chi connectivity index (χ1v) is 14.3. The number of aliphatic hydroxyl groups excluding tert-OH is 1. The van der Waals surface area contributed by atoms with Crippen LogP contribution in [0.4, 0.5) is 4.79 Å². The van der Waals surface area contributed by atoms with E-state index in [4.69, 9.17) is 13.9 Å². The van der Waals surface area contributed by atoms with Crippen LogP contribution in [0, 0.1) is 11.8 Å². The normalized spacial score (nSPS) is 17.2. The Morgan fingerprint density at radius 3 is 2.48 bits per heavy atom. The molecule has 4 rings (SSSR count). The molecule has 2 aromatic carbocycles. The van der Waals surface area contributed by atoms with Gasteiger partial charge in [0.15, 0.2) is 11.7 Å². The molecule has 1 saturated heterocycles. The van der Waals surface area contributed by atoms with Crippen LogP contribution in [0.15, 0.2) is 52.9 Å². The first-order valence-electron chi connectivity index (χ1n) is 14.3. The number of nitrogens with zero attached hydrogens (tertiary/aromatic N) is 2. The lowest BCUT2D eigenvalue weighted by atomic mass is 9.97. The highest BCUT2D eigenvalue weighted by Gasteiger charge is 2.40. The smallest absolute Gasteiger partial charge is 0.408 e. The highest BCUT2D eigenvalue weighted by atomic mass is 16.5. The van der Waals surface area contributed by atoms with Gasteiger partial charge in [0, 0.05) is 12.6 Å². The molecule has 11 nitrogen and oxygen atoms in total. The second kappa shape index (κ2) is 13.7. The number of benzene rings is 2. The number of carbonyl (C=O) groups excluding carboxylic acids is 3. The summed E-state index contributed by atoms with van der Waals surface area (Å²) >= 11 is 0. The van der Waals surface area contributed by atoms with Crippen LogP contribution in [0.25, 0.3) is 11.1 Å². The number of oxazole rings is 1. The molecule has 1 aliphatic heterocycles. The number of amides is 3. The van der Waals surface area contributed by atoms with Crippen molar-refractivity contribution in [3.05, 3.63) is 60.0 Å². The Hall–Kier alpha value is -4.12. The molecule has 3 amide bonds. The summed E-state index contributed by atoms with van der Waals surface area (Å²) < 4.78 is 16.3. The fourth-order valence-electron chi connectivity index (χ4n) is 5.09. The zero-order valence-electron chi connectivity index (χ0n) is 24.7. The first kappa shape index (κ1) is 30.8. The average molecular weight is 581 g/mol. The van der Waals surface area contributed by atoms with Crippen molar-refractivity contribution in [1.29, 1.82) is 0 Å². The van der Waals surface area contributed by atoms with Gasteiger partial charge in [-0.15, -0.1) is 0 Å². The van der Waals surface area contributed by atoms with E-state index in [2.05, 4.69) is 15.6 Å². The number of alkyl carbamates (subject to hydrolysis) is 1. The van der Waals surface area contributed by atoms with E-state index in [-0.39, 0.29) is 36.1 Å². The summed E-state index contributed by atoms with van der Waals surface area (Å²) in [4.78, 5) is 45.7. The Labute approximate surface area is 245 Å². The molecular weight excluding hydrogens is 540 g/mol. The van der Waals surface area contributed by atoms with Gasteiger partial charge in [0.2, 0.25) is 17.7 Å². The SMILES string of the molecule is COc1ccc2oc(C(O)[C@@H](NC(=O)[C@@H]3CCCN3C(=O)[C@@H](NC(=O)OCc3ccccc3)C(C)C)C(C)C)nc2c1. The Kier molecular flexibility index (Phi) is 10.1. The Morgan fingerprint density at radius 2 is 1.81 bits per heavy atom. The van der Waals surface area contributed by atoms with E-state index in [9.17, 15) is 19.5 Å². The third kappa shape index (κ3) is 7.20. The van der Waals surface area contributed by atoms with Crippen molar-refractivity contribution in [2.24, 2.45) is 11.8 Å². The van der Waals surface area contributed by atoms with Gasteiger partial charge < -0.3 is 34.5 Å². The maximum atomic E-state index is 13.6. The third-order valence-corrected chi connectivity index (χ3v) is 7.49. The molecule has 0 radical (unpaired) electrons. The summed E-state index contributed by atoms with van der Waals surface area (Å²) in [6.07, 6.45) is -0.827. The van der Waals surface area contributed by atoms with Gasteiger partial charge in [-0.2, -0.15) is 0 Å². The van der Waals surface area contributed by atoms with Gasteiger partial charge in [-0.05, 0) is 42.4 Å². The van der Waals surface area contributed by atoms with Gasteiger partial charge in [0.1, 0.15) is 30.0 Å². The van der Waals surface area contributed by atoms with E-state index in [1.165, 1.54) is 4.90 Å². The standard InChI is InChI=1S/C31H40N4O7/c1-18(2)25(27(36)29-32-22-16-21(40-5)13-14-24(22)42-29)33-28(37)23-12-9-15-35(23)30(38)26(19(3)4)34-31(39)41-17-20-10-7-6-8-11-20/h6-8,10-11,13-14,16,18-19,23,25-27,36H,9,12,15,17H2,1-5H3,(H,33,37)(H,34,39)/t23-,25-,26-,27?/m0/s1. The van der Waals surface area contributed by atoms with Crippen LogP contribution >= 0.6 is 0 Å². The van der Waals surface area contributed by atoms with E-state index in [1.807, 2.05) is 58.0 Å². The van der Waals surface area contributed by atoms with E-state index >= 15 is 0 Å². The number of likely N-dealkylation sites (tertiary alicyclic amines) is 1. The second-order valence-corrected chi connectivity index (χ2v) is 11.2. The van der Waals surface area contributed by atoms with Crippen LogP contribution in [0.1, 0.15) is 58.1 Å². The molecule has 1 aliphatic rings. The maximum Gasteiger partial charge on any atom is 0.408 e. The van der Waals surface area contributed by atoms with Crippen molar-refractivity contribution in [2.75, 3.05) is 13.7 Å². The fourth-order valence-corrected chi connectivity index (χ4v) is 5.09. The number of aromatic nitrogens is 1. The molecule has 0 spiro atoms. The number of fused-ring (bicyclic) bond motifs is 1. The summed E-state index contributed by atoms with van der Waals surface area (Å²) in [5.74, 6) is -0.470. The number of hydrogen-bond donors (Lipinski definition) is 3. The molecule has 2 heterocycles. The number of rotatable bonds is 11. The largest absolute Gasteiger partial charge is 0.497 e. The van der Waals surface area contributed by atoms with Crippen LogP contribution in [0.3, 0.4) is 0 Å². The monoisotopic (exact) mass is 580 g/mol. The topological polar surface area (TPSA) is 143 Å². The molecule has 1 unspecified atom stereocenters. The minimum absolute atomic E-state index is 0.0764. The lowest BCUT2D eigenvalue weighted by Crippen LogP contribution is -2.56. The van der Waals surface area contributed by atoms with E-state index in [1.54, 1.807) is 25.3 Å². The lowest BCUT2D eigenvalue weighted by Gasteiger charge is -2.32. The minimum Gasteiger partial charge on any atom is -0.497 e. The molecule has 4 atom stereocenters. The van der Waals surface area contributed by atoms with E-state index in [0.717, 1.165) is 5.56 Å². The van der Waals surface area contributed by atoms with Crippen molar-refractivity contribution in [1.82, 2.24) is 20.5 Å². The predicted molar refractivity (Wildman–Crippen MR) is 155 cm³/mol. The second-order valence-electron chi connectivity index (χ2n) is 11.2. The lowest BCUT2D eigenvalue weighted by molar-refractivity contribution is -0.141. The Bertz CT molecular complexity index is 1370. The molecule has 3 N–H and O–H groups in total. The third-order valence-electron chi connectivity index (χ3n) is 7.49. The number of methoxy groups -OCH3 is 1. The number of ether oxygens (including phenoxy) is 2. The minimum atomic E-state index is -1.22. The summed E-state index contributed by atoms with van der Waals surface area (Å²) in [6, 6.07) is 12.1. The summed E-state index contributed by atoms with van der Waals surface area (Å²) in [7, 11) is 1.55. The van der Waals surface area contributed by atoms with Crippen molar-refractivity contribution in [2.45, 2.75) is 71.4 Å². The molecular formula is C31H40N4O7. The van der Waals surface area contributed by atoms with E-state index < -0.39 is 30.3 Å². The number of hydrogen-bond acceptors (Lipinski definition) is 8. The van der Waals surface area contributed by atoms with Gasteiger partial charge in [0.25, 0.3) is 0 Å². The van der Waals surface area contributed by atoms with Crippen LogP contribution in [0.5, 0.6) is 5.75 Å². The van der Waals surface area contributed by atoms with Crippen molar-refractivity contribution in [3.8, 4) is 5.75 Å². The summed E-state index contributed by atoms with van der Waals surface area (Å²) in [5.41, 5.74) is 1.84. The predicted octanol–water partition coefficient (Wildman–Crippen LogP) is 3.95. The van der Waals surface area contributed by atoms with Crippen LogP contribution < -0.4 is 15.4 Å². The zero-order valence-corrected chi connectivity index (χ0v) is 24.7. The van der Waals surface area contributed by atoms with Crippen molar-refractivity contribution < 1.29 is 33.4 Å². The van der Waals surface area contributed by atoms with Crippen molar-refractivity contribution in [3.63, 3.8) is 0 Å². The van der Waals surface area contributed by atoms with E-state index in [0.29, 0.717) is 36.2 Å². The number of aliphatic hydroxyl groups is 1. The average Bonchev–Trinajstić information content (AvgIpc) is 3.64. The molecule has 11 heteroatoms. The highest BCUT2D eigenvalue weighted by Crippen LogP contribution is 2.28. The quantitative estimate of drug-likeness (QED) is 0.309. The van der Waals surface area contributed by atoms with Gasteiger partial charge in [-0.25, -0.2) is 9.78 Å². The fraction of sp³-hybridized carbons (Fsp3) is 0.484. The van der Waals surface area contributed by atoms with Crippen LogP contribution in [0.2, 0.25) is 0 Å². The molecule has 0 bridgehead atoms. The molecule has 1 aromatic heterocycles. The first-order chi connectivity index (χ1) is 20.1. The zero-order chi connectivity index (χ0) is 30.4. The molecule has 226 valence electrons. The summed E-state index contributed by atoms with van der Waals surface area (Å²) in [6.45, 7) is 7.85. The molecule has 42 heavy (non-hydrogen) atoms. The molecule has 0 aliphatic carbocycles. The number of nitrogens with one attached hydrogen (secondary N) is 2. The van der Waals surface area contributed by atoms with Crippen LogP contribution in [-0.4, -0.2) is 64.7 Å². The molecule has 3 aromatic rings. The Balaban J connectivity index is 1.42. The molecule has 1 fully saturated rings. The van der Waals surface area contributed by atoms with Crippen LogP contribution in [-0.2, 0) is 20.9 Å². The van der Waals surface area contributed by atoms with Crippen molar-refractivity contribution >= 4 is 29.0 Å². The summed E-state index contributed by atoms with van der Waals surface area (Å²) in [5, 5.41) is 16.8. The highest BCUT2D eigenvalue weighted by molar-refractivity contribution is 5.92. The van der Waals surface area contributed by atoms with Gasteiger partial charge >= 0.3 is 6.09 Å². The van der Waals surface area contributed by atoms with Gasteiger partial charge in [0.05, 0.1) is 13.2 Å². The van der Waals surface area contributed by atoms with Gasteiger partial charge in [-0.1, -0.05) is 58.0 Å². The molecule has 0 saturated carbocycles.